The predicted molar refractivity (Wildman–Crippen MR) is 130 cm³/mol. The molecule has 0 amide bonds. The highest BCUT2D eigenvalue weighted by molar-refractivity contribution is 5.75. The Kier molecular flexibility index (Phi) is 7.28. The van der Waals surface area contributed by atoms with Crippen LogP contribution in [0.1, 0.15) is 63.5 Å². The van der Waals surface area contributed by atoms with Crippen LogP contribution in [-0.2, 0) is 16.1 Å². The summed E-state index contributed by atoms with van der Waals surface area (Å²) in [5, 5.41) is 0. The van der Waals surface area contributed by atoms with Crippen LogP contribution in [0.2, 0.25) is 0 Å². The number of likely N-dealkylation sites (tertiary alicyclic amines) is 1. The first kappa shape index (κ1) is 23.6. The van der Waals surface area contributed by atoms with Crippen molar-refractivity contribution in [2.24, 2.45) is 5.92 Å². The van der Waals surface area contributed by atoms with E-state index in [1.165, 1.54) is 18.4 Å². The molecule has 2 fully saturated rings. The fourth-order valence-electron chi connectivity index (χ4n) is 5.01. The van der Waals surface area contributed by atoms with Crippen LogP contribution in [0.25, 0.3) is 0 Å². The molecule has 0 unspecified atom stereocenters. The average Bonchev–Trinajstić information content (AvgIpc) is 3.43. The lowest BCUT2D eigenvalue weighted by atomic mass is 9.88. The molecule has 2 aromatic rings. The van der Waals surface area contributed by atoms with Gasteiger partial charge in [0.05, 0.1) is 19.1 Å². The number of hydrogen-bond acceptors (Lipinski definition) is 5. The largest absolute Gasteiger partial charge is 0.493 e. The van der Waals surface area contributed by atoms with E-state index in [0.29, 0.717) is 6.54 Å². The van der Waals surface area contributed by atoms with Gasteiger partial charge in [-0.15, -0.1) is 0 Å². The molecule has 2 aromatic carbocycles. The van der Waals surface area contributed by atoms with E-state index >= 15 is 0 Å². The number of carbonyl (C=O) groups excluding carboxylic acids is 1. The Morgan fingerprint density at radius 1 is 1.00 bits per heavy atom. The van der Waals surface area contributed by atoms with E-state index < -0.39 is 5.60 Å². The van der Waals surface area contributed by atoms with Crippen LogP contribution in [0, 0.1) is 5.92 Å². The minimum atomic E-state index is -0.509. The molecule has 4 rings (SSSR count). The summed E-state index contributed by atoms with van der Waals surface area (Å²) in [4.78, 5) is 15.6. The predicted octanol–water partition coefficient (Wildman–Crippen LogP) is 5.57. The lowest BCUT2D eigenvalue weighted by Crippen LogP contribution is -2.32. The van der Waals surface area contributed by atoms with Gasteiger partial charge in [0.15, 0.2) is 11.5 Å². The SMILES string of the molecule is COc1ccc([C@H]2CN(Cc3ccccc3)C[C@@H]2C(=O)OC(C)(C)C)cc1OC1CCCC1. The van der Waals surface area contributed by atoms with Crippen LogP contribution in [-0.4, -0.2) is 42.8 Å². The minimum absolute atomic E-state index is 0.0420. The molecule has 1 aliphatic heterocycles. The summed E-state index contributed by atoms with van der Waals surface area (Å²) in [5.74, 6) is 1.23. The normalized spacial score (nSPS) is 21.8. The summed E-state index contributed by atoms with van der Waals surface area (Å²) in [6.45, 7) is 8.08. The summed E-state index contributed by atoms with van der Waals surface area (Å²) in [6, 6.07) is 16.6. The molecule has 2 atom stereocenters. The second-order valence-corrected chi connectivity index (χ2v) is 10.4. The highest BCUT2D eigenvalue weighted by Crippen LogP contribution is 2.40. The maximum absolute atomic E-state index is 13.2. The van der Waals surface area contributed by atoms with Gasteiger partial charge in [0.25, 0.3) is 0 Å². The van der Waals surface area contributed by atoms with Crippen molar-refractivity contribution >= 4 is 5.97 Å². The monoisotopic (exact) mass is 451 g/mol. The van der Waals surface area contributed by atoms with Gasteiger partial charge in [-0.3, -0.25) is 9.69 Å². The zero-order valence-electron chi connectivity index (χ0n) is 20.4. The Morgan fingerprint density at radius 2 is 1.73 bits per heavy atom. The van der Waals surface area contributed by atoms with E-state index in [-0.39, 0.29) is 23.9 Å². The highest BCUT2D eigenvalue weighted by Gasteiger charge is 2.41. The minimum Gasteiger partial charge on any atom is -0.493 e. The second kappa shape index (κ2) is 10.2. The van der Waals surface area contributed by atoms with E-state index in [2.05, 4.69) is 41.3 Å². The summed E-state index contributed by atoms with van der Waals surface area (Å²) >= 11 is 0. The number of methoxy groups -OCH3 is 1. The molecule has 5 nitrogen and oxygen atoms in total. The van der Waals surface area contributed by atoms with Crippen molar-refractivity contribution < 1.29 is 19.0 Å². The van der Waals surface area contributed by atoms with Crippen LogP contribution >= 0.6 is 0 Å². The maximum atomic E-state index is 13.2. The Balaban J connectivity index is 1.59. The van der Waals surface area contributed by atoms with Crippen LogP contribution in [0.15, 0.2) is 48.5 Å². The third-order valence-electron chi connectivity index (χ3n) is 6.57. The fourth-order valence-corrected chi connectivity index (χ4v) is 5.01. The molecule has 178 valence electrons. The van der Waals surface area contributed by atoms with Gasteiger partial charge in [-0.05, 0) is 69.7 Å². The van der Waals surface area contributed by atoms with Crippen molar-refractivity contribution in [2.45, 2.75) is 70.6 Å². The van der Waals surface area contributed by atoms with E-state index in [0.717, 1.165) is 43.0 Å². The number of benzene rings is 2. The number of carbonyl (C=O) groups is 1. The summed E-state index contributed by atoms with van der Waals surface area (Å²) in [5.41, 5.74) is 1.85. The van der Waals surface area contributed by atoms with Crippen molar-refractivity contribution in [1.82, 2.24) is 4.90 Å². The zero-order chi connectivity index (χ0) is 23.4. The molecular formula is C28H37NO4. The first-order valence-electron chi connectivity index (χ1n) is 12.2. The molecule has 0 spiro atoms. The number of nitrogens with zero attached hydrogens (tertiary/aromatic N) is 1. The van der Waals surface area contributed by atoms with Gasteiger partial charge < -0.3 is 14.2 Å². The fraction of sp³-hybridized carbons (Fsp3) is 0.536. The van der Waals surface area contributed by atoms with Crippen molar-refractivity contribution in [3.8, 4) is 11.5 Å². The maximum Gasteiger partial charge on any atom is 0.311 e. The Morgan fingerprint density at radius 3 is 2.39 bits per heavy atom. The van der Waals surface area contributed by atoms with Gasteiger partial charge >= 0.3 is 5.97 Å². The second-order valence-electron chi connectivity index (χ2n) is 10.4. The highest BCUT2D eigenvalue weighted by atomic mass is 16.6. The smallest absolute Gasteiger partial charge is 0.311 e. The van der Waals surface area contributed by atoms with E-state index in [4.69, 9.17) is 14.2 Å². The lowest BCUT2D eigenvalue weighted by molar-refractivity contribution is -0.160. The summed E-state index contributed by atoms with van der Waals surface area (Å²) in [7, 11) is 1.68. The molecule has 0 N–H and O–H groups in total. The van der Waals surface area contributed by atoms with Gasteiger partial charge in [0.2, 0.25) is 0 Å². The topological polar surface area (TPSA) is 48.0 Å². The number of hydrogen-bond donors (Lipinski definition) is 0. The van der Waals surface area contributed by atoms with Crippen LogP contribution < -0.4 is 9.47 Å². The van der Waals surface area contributed by atoms with Crippen LogP contribution in [0.4, 0.5) is 0 Å². The van der Waals surface area contributed by atoms with Crippen LogP contribution in [0.3, 0.4) is 0 Å². The molecule has 1 saturated heterocycles. The summed E-state index contributed by atoms with van der Waals surface area (Å²) in [6.07, 6.45) is 4.84. The van der Waals surface area contributed by atoms with Crippen molar-refractivity contribution in [2.75, 3.05) is 20.2 Å². The molecule has 33 heavy (non-hydrogen) atoms. The van der Waals surface area contributed by atoms with Crippen molar-refractivity contribution in [3.05, 3.63) is 59.7 Å². The molecule has 1 heterocycles. The first-order chi connectivity index (χ1) is 15.8. The van der Waals surface area contributed by atoms with Gasteiger partial charge in [-0.25, -0.2) is 0 Å². The average molecular weight is 452 g/mol. The molecule has 1 aliphatic carbocycles. The third kappa shape index (κ3) is 6.08. The Hall–Kier alpha value is -2.53. The number of rotatable bonds is 7. The zero-order valence-corrected chi connectivity index (χ0v) is 20.4. The molecule has 2 aliphatic rings. The van der Waals surface area contributed by atoms with Gasteiger partial charge in [-0.2, -0.15) is 0 Å². The Bertz CT molecular complexity index is 931. The number of ether oxygens (including phenoxy) is 3. The molecule has 5 heteroatoms. The van der Waals surface area contributed by atoms with E-state index in [1.807, 2.05) is 32.9 Å². The van der Waals surface area contributed by atoms with Gasteiger partial charge in [-0.1, -0.05) is 36.4 Å². The summed E-state index contributed by atoms with van der Waals surface area (Å²) < 4.78 is 17.8. The molecule has 0 bridgehead atoms. The van der Waals surface area contributed by atoms with Crippen molar-refractivity contribution in [1.29, 1.82) is 0 Å². The molecule has 0 radical (unpaired) electrons. The molecule has 0 aromatic heterocycles. The standard InChI is InChI=1S/C28H37NO4/c1-28(2,3)33-27(30)24-19-29(17-20-10-6-5-7-11-20)18-23(24)21-14-15-25(31-4)26(16-21)32-22-12-8-9-13-22/h5-7,10-11,14-16,22-24H,8-9,12-13,17-19H2,1-4H3/t23-,24+/m1/s1. The van der Waals surface area contributed by atoms with Crippen LogP contribution in [0.5, 0.6) is 11.5 Å². The van der Waals surface area contributed by atoms with Crippen molar-refractivity contribution in [3.63, 3.8) is 0 Å². The lowest BCUT2D eigenvalue weighted by Gasteiger charge is -2.25. The third-order valence-corrected chi connectivity index (χ3v) is 6.57. The first-order valence-corrected chi connectivity index (χ1v) is 12.2. The van der Waals surface area contributed by atoms with Gasteiger partial charge in [0, 0.05) is 25.6 Å². The quantitative estimate of drug-likeness (QED) is 0.515. The van der Waals surface area contributed by atoms with E-state index in [1.54, 1.807) is 7.11 Å². The Labute approximate surface area is 198 Å². The van der Waals surface area contributed by atoms with E-state index in [9.17, 15) is 4.79 Å². The molecular weight excluding hydrogens is 414 g/mol. The molecule has 1 saturated carbocycles. The van der Waals surface area contributed by atoms with Gasteiger partial charge in [0.1, 0.15) is 5.60 Å². The number of esters is 1.